The van der Waals surface area contributed by atoms with Crippen molar-refractivity contribution in [1.82, 2.24) is 9.97 Å². The van der Waals surface area contributed by atoms with Gasteiger partial charge in [0.15, 0.2) is 0 Å². The standard InChI is InChI=1S/C14H12N2/c1-9-7-10(2)14-13(8-9)15-11-5-3-4-6-12(11)16-14/h3-8H,1-2H3. The molecule has 0 amide bonds. The molecule has 0 atom stereocenters. The molecule has 16 heavy (non-hydrogen) atoms. The van der Waals surface area contributed by atoms with E-state index in [1.807, 2.05) is 24.3 Å². The minimum atomic E-state index is 0.958. The van der Waals surface area contributed by atoms with Crippen molar-refractivity contribution in [2.75, 3.05) is 0 Å². The second-order valence-electron chi connectivity index (χ2n) is 4.16. The highest BCUT2D eigenvalue weighted by Crippen LogP contribution is 2.20. The molecule has 0 bridgehead atoms. The zero-order chi connectivity index (χ0) is 11.1. The summed E-state index contributed by atoms with van der Waals surface area (Å²) in [7, 11) is 0. The van der Waals surface area contributed by atoms with Crippen molar-refractivity contribution in [1.29, 1.82) is 0 Å². The summed E-state index contributed by atoms with van der Waals surface area (Å²) in [6, 6.07) is 12.2. The predicted molar refractivity (Wildman–Crippen MR) is 66.5 cm³/mol. The number of aryl methyl sites for hydroxylation is 2. The molecule has 0 fully saturated rings. The van der Waals surface area contributed by atoms with Crippen LogP contribution in [-0.2, 0) is 0 Å². The second-order valence-corrected chi connectivity index (χ2v) is 4.16. The number of fused-ring (bicyclic) bond motifs is 2. The van der Waals surface area contributed by atoms with Crippen LogP contribution in [-0.4, -0.2) is 9.97 Å². The zero-order valence-corrected chi connectivity index (χ0v) is 9.36. The van der Waals surface area contributed by atoms with Gasteiger partial charge in [0, 0.05) is 0 Å². The Hall–Kier alpha value is -1.96. The minimum absolute atomic E-state index is 0.958. The maximum absolute atomic E-state index is 4.66. The van der Waals surface area contributed by atoms with E-state index in [1.165, 1.54) is 11.1 Å². The highest BCUT2D eigenvalue weighted by Gasteiger charge is 2.03. The van der Waals surface area contributed by atoms with Gasteiger partial charge in [-0.3, -0.25) is 0 Å². The van der Waals surface area contributed by atoms with E-state index in [4.69, 9.17) is 0 Å². The molecule has 0 saturated carbocycles. The fourth-order valence-corrected chi connectivity index (χ4v) is 2.07. The molecule has 0 N–H and O–H groups in total. The van der Waals surface area contributed by atoms with E-state index in [0.717, 1.165) is 22.1 Å². The first-order valence-corrected chi connectivity index (χ1v) is 5.38. The molecule has 78 valence electrons. The quantitative estimate of drug-likeness (QED) is 0.529. The lowest BCUT2D eigenvalue weighted by molar-refractivity contribution is 1.33. The number of benzene rings is 2. The van der Waals surface area contributed by atoms with Crippen LogP contribution in [0.1, 0.15) is 11.1 Å². The van der Waals surface area contributed by atoms with Crippen molar-refractivity contribution < 1.29 is 0 Å². The van der Waals surface area contributed by atoms with E-state index in [-0.39, 0.29) is 0 Å². The molecule has 3 rings (SSSR count). The van der Waals surface area contributed by atoms with Gasteiger partial charge in [0.2, 0.25) is 0 Å². The largest absolute Gasteiger partial charge is 0.244 e. The number of para-hydroxylation sites is 2. The predicted octanol–water partition coefficient (Wildman–Crippen LogP) is 3.40. The lowest BCUT2D eigenvalue weighted by Crippen LogP contribution is -1.90. The average molecular weight is 208 g/mol. The van der Waals surface area contributed by atoms with Crippen LogP contribution in [0.3, 0.4) is 0 Å². The van der Waals surface area contributed by atoms with Crippen LogP contribution in [0.5, 0.6) is 0 Å². The van der Waals surface area contributed by atoms with Gasteiger partial charge >= 0.3 is 0 Å². The lowest BCUT2D eigenvalue weighted by Gasteiger charge is -2.04. The number of rotatable bonds is 0. The first kappa shape index (κ1) is 9.28. The van der Waals surface area contributed by atoms with Gasteiger partial charge in [0.25, 0.3) is 0 Å². The van der Waals surface area contributed by atoms with Crippen molar-refractivity contribution in [2.24, 2.45) is 0 Å². The second kappa shape index (κ2) is 3.27. The highest BCUT2D eigenvalue weighted by molar-refractivity contribution is 5.88. The van der Waals surface area contributed by atoms with E-state index < -0.39 is 0 Å². The fourth-order valence-electron chi connectivity index (χ4n) is 2.07. The van der Waals surface area contributed by atoms with Crippen LogP contribution < -0.4 is 0 Å². The Morgan fingerprint density at radius 1 is 0.812 bits per heavy atom. The number of hydrogen-bond donors (Lipinski definition) is 0. The zero-order valence-electron chi connectivity index (χ0n) is 9.36. The summed E-state index contributed by atoms with van der Waals surface area (Å²) >= 11 is 0. The monoisotopic (exact) mass is 208 g/mol. The maximum Gasteiger partial charge on any atom is 0.0923 e. The van der Waals surface area contributed by atoms with E-state index in [0.29, 0.717) is 0 Å². The molecule has 0 saturated heterocycles. The van der Waals surface area contributed by atoms with Crippen molar-refractivity contribution in [3.63, 3.8) is 0 Å². The van der Waals surface area contributed by atoms with Crippen molar-refractivity contribution in [3.05, 3.63) is 47.5 Å². The van der Waals surface area contributed by atoms with Gasteiger partial charge in [-0.1, -0.05) is 18.2 Å². The Kier molecular flexibility index (Phi) is 1.90. The molecular weight excluding hydrogens is 196 g/mol. The van der Waals surface area contributed by atoms with Crippen molar-refractivity contribution in [2.45, 2.75) is 13.8 Å². The smallest absolute Gasteiger partial charge is 0.0923 e. The van der Waals surface area contributed by atoms with Crippen LogP contribution in [0.2, 0.25) is 0 Å². The molecule has 0 unspecified atom stereocenters. The molecule has 3 aromatic rings. The maximum atomic E-state index is 4.66. The van der Waals surface area contributed by atoms with E-state index in [9.17, 15) is 0 Å². The molecule has 2 heteroatoms. The van der Waals surface area contributed by atoms with Crippen molar-refractivity contribution in [3.8, 4) is 0 Å². The first-order chi connectivity index (χ1) is 7.74. The summed E-state index contributed by atoms with van der Waals surface area (Å²) in [4.78, 5) is 9.29. The van der Waals surface area contributed by atoms with Gasteiger partial charge in [0.05, 0.1) is 22.1 Å². The molecular formula is C14H12N2. The van der Waals surface area contributed by atoms with Gasteiger partial charge in [-0.15, -0.1) is 0 Å². The summed E-state index contributed by atoms with van der Waals surface area (Å²) < 4.78 is 0. The molecule has 1 aromatic heterocycles. The lowest BCUT2D eigenvalue weighted by atomic mass is 10.1. The Morgan fingerprint density at radius 2 is 1.50 bits per heavy atom. The average Bonchev–Trinajstić information content (AvgIpc) is 2.27. The van der Waals surface area contributed by atoms with Crippen LogP contribution in [0.15, 0.2) is 36.4 Å². The number of nitrogens with zero attached hydrogens (tertiary/aromatic N) is 2. The van der Waals surface area contributed by atoms with Gasteiger partial charge in [-0.25, -0.2) is 9.97 Å². The van der Waals surface area contributed by atoms with Crippen LogP contribution >= 0.6 is 0 Å². The third-order valence-electron chi connectivity index (χ3n) is 2.78. The first-order valence-electron chi connectivity index (χ1n) is 5.38. The molecule has 0 aliphatic heterocycles. The van der Waals surface area contributed by atoms with Crippen LogP contribution in [0, 0.1) is 13.8 Å². The Morgan fingerprint density at radius 3 is 2.25 bits per heavy atom. The van der Waals surface area contributed by atoms with Gasteiger partial charge in [-0.05, 0) is 43.2 Å². The van der Waals surface area contributed by atoms with Crippen molar-refractivity contribution >= 4 is 22.1 Å². The summed E-state index contributed by atoms with van der Waals surface area (Å²) in [5.74, 6) is 0. The normalized spacial score (nSPS) is 11.1. The van der Waals surface area contributed by atoms with Crippen LogP contribution in [0.4, 0.5) is 0 Å². The molecule has 0 aliphatic rings. The summed E-state index contributed by atoms with van der Waals surface area (Å²) in [6.45, 7) is 4.17. The summed E-state index contributed by atoms with van der Waals surface area (Å²) in [6.07, 6.45) is 0. The van der Waals surface area contributed by atoms with E-state index >= 15 is 0 Å². The molecule has 1 heterocycles. The topological polar surface area (TPSA) is 25.8 Å². The minimum Gasteiger partial charge on any atom is -0.244 e. The molecule has 0 spiro atoms. The van der Waals surface area contributed by atoms with Gasteiger partial charge < -0.3 is 0 Å². The SMILES string of the molecule is Cc1cc(C)c2nc3ccccc3nc2c1. The van der Waals surface area contributed by atoms with E-state index in [2.05, 4.69) is 35.9 Å². The Labute approximate surface area is 94.0 Å². The fraction of sp³-hybridized carbons (Fsp3) is 0.143. The highest BCUT2D eigenvalue weighted by atomic mass is 14.8. The Balaban J connectivity index is 2.51. The van der Waals surface area contributed by atoms with Crippen LogP contribution in [0.25, 0.3) is 22.1 Å². The van der Waals surface area contributed by atoms with Gasteiger partial charge in [0.1, 0.15) is 0 Å². The number of hydrogen-bond acceptors (Lipinski definition) is 2. The third kappa shape index (κ3) is 1.34. The third-order valence-corrected chi connectivity index (χ3v) is 2.78. The Bertz CT molecular complexity index is 687. The van der Waals surface area contributed by atoms with Gasteiger partial charge in [-0.2, -0.15) is 0 Å². The summed E-state index contributed by atoms with van der Waals surface area (Å²) in [5.41, 5.74) is 6.32. The summed E-state index contributed by atoms with van der Waals surface area (Å²) in [5, 5.41) is 0. The molecule has 2 aromatic carbocycles. The van der Waals surface area contributed by atoms with E-state index in [1.54, 1.807) is 0 Å². The molecule has 2 nitrogen and oxygen atoms in total. The number of aromatic nitrogens is 2. The molecule has 0 radical (unpaired) electrons. The molecule has 0 aliphatic carbocycles.